The molecule has 1 aliphatic rings. The molecule has 0 spiro atoms. The predicted octanol–water partition coefficient (Wildman–Crippen LogP) is -0.696. The molecule has 0 aromatic rings. The summed E-state index contributed by atoms with van der Waals surface area (Å²) >= 11 is 0. The minimum absolute atomic E-state index is 0.146. The maximum atomic E-state index is 11.3. The smallest absolute Gasteiger partial charge is 0.212 e. The molecule has 0 unspecified atom stereocenters. The Morgan fingerprint density at radius 2 is 2.07 bits per heavy atom. The van der Waals surface area contributed by atoms with E-state index in [2.05, 4.69) is 10.0 Å². The SMILES string of the molecule is COCCNS(=O)(=O)CCNC1CC1. The molecule has 1 fully saturated rings. The molecule has 0 heterocycles. The second-order valence-electron chi connectivity index (χ2n) is 3.43. The van der Waals surface area contributed by atoms with E-state index in [4.69, 9.17) is 4.74 Å². The van der Waals surface area contributed by atoms with E-state index < -0.39 is 10.0 Å². The number of hydrogen-bond acceptors (Lipinski definition) is 4. The number of rotatable bonds is 8. The van der Waals surface area contributed by atoms with Crippen LogP contribution in [0.25, 0.3) is 0 Å². The van der Waals surface area contributed by atoms with Crippen LogP contribution in [0.3, 0.4) is 0 Å². The Kier molecular flexibility index (Phi) is 4.80. The predicted molar refractivity (Wildman–Crippen MR) is 54.7 cm³/mol. The molecule has 1 aliphatic carbocycles. The Morgan fingerprint density at radius 3 is 2.64 bits per heavy atom. The second kappa shape index (κ2) is 5.65. The van der Waals surface area contributed by atoms with E-state index in [0.717, 1.165) is 0 Å². The van der Waals surface area contributed by atoms with Crippen LogP contribution in [0.1, 0.15) is 12.8 Å². The molecule has 0 aromatic heterocycles. The van der Waals surface area contributed by atoms with Gasteiger partial charge in [-0.05, 0) is 12.8 Å². The van der Waals surface area contributed by atoms with Crippen molar-refractivity contribution in [2.45, 2.75) is 18.9 Å². The maximum absolute atomic E-state index is 11.3. The average Bonchev–Trinajstić information content (AvgIpc) is 2.88. The number of nitrogens with one attached hydrogen (secondary N) is 2. The van der Waals surface area contributed by atoms with Gasteiger partial charge in [0.15, 0.2) is 0 Å². The summed E-state index contributed by atoms with van der Waals surface area (Å²) in [6.07, 6.45) is 2.36. The van der Waals surface area contributed by atoms with Gasteiger partial charge < -0.3 is 10.1 Å². The molecule has 2 N–H and O–H groups in total. The third kappa shape index (κ3) is 5.54. The van der Waals surface area contributed by atoms with Crippen molar-refractivity contribution in [3.8, 4) is 0 Å². The van der Waals surface area contributed by atoms with Gasteiger partial charge in [-0.25, -0.2) is 13.1 Å². The summed E-state index contributed by atoms with van der Waals surface area (Å²) in [5.41, 5.74) is 0. The Labute approximate surface area is 85.3 Å². The molecule has 0 saturated heterocycles. The molecule has 0 radical (unpaired) electrons. The van der Waals surface area contributed by atoms with E-state index >= 15 is 0 Å². The summed E-state index contributed by atoms with van der Waals surface area (Å²) in [6, 6.07) is 0.559. The summed E-state index contributed by atoms with van der Waals surface area (Å²) in [6.45, 7) is 1.30. The number of hydrogen-bond donors (Lipinski definition) is 2. The first-order valence-corrected chi connectivity index (χ1v) is 6.49. The first kappa shape index (κ1) is 11.9. The van der Waals surface area contributed by atoms with Crippen LogP contribution in [0.15, 0.2) is 0 Å². The highest BCUT2D eigenvalue weighted by Crippen LogP contribution is 2.17. The summed E-state index contributed by atoms with van der Waals surface area (Å²) in [4.78, 5) is 0. The zero-order valence-electron chi connectivity index (χ0n) is 8.45. The van der Waals surface area contributed by atoms with Crippen molar-refractivity contribution in [2.24, 2.45) is 0 Å². The molecule has 0 amide bonds. The first-order valence-electron chi connectivity index (χ1n) is 4.84. The monoisotopic (exact) mass is 222 g/mol. The largest absolute Gasteiger partial charge is 0.383 e. The molecule has 5 nitrogen and oxygen atoms in total. The van der Waals surface area contributed by atoms with Gasteiger partial charge in [-0.2, -0.15) is 0 Å². The lowest BCUT2D eigenvalue weighted by Gasteiger charge is -2.06. The van der Waals surface area contributed by atoms with Crippen molar-refractivity contribution < 1.29 is 13.2 Å². The minimum atomic E-state index is -3.11. The van der Waals surface area contributed by atoms with Crippen molar-refractivity contribution >= 4 is 10.0 Å². The summed E-state index contributed by atoms with van der Waals surface area (Å²) in [5, 5.41) is 3.15. The van der Waals surface area contributed by atoms with Crippen LogP contribution >= 0.6 is 0 Å². The molecule has 14 heavy (non-hydrogen) atoms. The van der Waals surface area contributed by atoms with Gasteiger partial charge in [-0.15, -0.1) is 0 Å². The Balaban J connectivity index is 2.06. The van der Waals surface area contributed by atoms with Gasteiger partial charge in [0.2, 0.25) is 10.0 Å². The molecule has 0 atom stereocenters. The van der Waals surface area contributed by atoms with E-state index in [1.807, 2.05) is 0 Å². The van der Waals surface area contributed by atoms with E-state index in [0.29, 0.717) is 25.7 Å². The van der Waals surface area contributed by atoms with Crippen molar-refractivity contribution in [1.82, 2.24) is 10.0 Å². The quantitative estimate of drug-likeness (QED) is 0.533. The molecule has 84 valence electrons. The molecular weight excluding hydrogens is 204 g/mol. The highest BCUT2D eigenvalue weighted by Gasteiger charge is 2.20. The standard InChI is InChI=1S/C8H18N2O3S/c1-13-6-4-10-14(11,12)7-5-9-8-2-3-8/h8-10H,2-7H2,1H3. The zero-order chi connectivity index (χ0) is 10.4. The number of sulfonamides is 1. The summed E-state index contributed by atoms with van der Waals surface area (Å²) in [5.74, 6) is 0.146. The number of methoxy groups -OCH3 is 1. The highest BCUT2D eigenvalue weighted by atomic mass is 32.2. The van der Waals surface area contributed by atoms with Crippen LogP contribution in [0.5, 0.6) is 0 Å². The maximum Gasteiger partial charge on any atom is 0.212 e. The molecule has 0 aliphatic heterocycles. The van der Waals surface area contributed by atoms with E-state index in [-0.39, 0.29) is 5.75 Å². The third-order valence-corrected chi connectivity index (χ3v) is 3.39. The minimum Gasteiger partial charge on any atom is -0.383 e. The van der Waals surface area contributed by atoms with Gasteiger partial charge in [0.1, 0.15) is 0 Å². The van der Waals surface area contributed by atoms with Crippen LogP contribution < -0.4 is 10.0 Å². The molecule has 0 aromatic carbocycles. The summed E-state index contributed by atoms with van der Waals surface area (Å²) in [7, 11) is -1.57. The van der Waals surface area contributed by atoms with Crippen LogP contribution in [0.4, 0.5) is 0 Å². The average molecular weight is 222 g/mol. The Hall–Kier alpha value is -0.170. The van der Waals surface area contributed by atoms with Gasteiger partial charge in [0.25, 0.3) is 0 Å². The fraction of sp³-hybridized carbons (Fsp3) is 1.00. The van der Waals surface area contributed by atoms with Crippen molar-refractivity contribution in [1.29, 1.82) is 0 Å². The lowest BCUT2D eigenvalue weighted by molar-refractivity contribution is 0.204. The van der Waals surface area contributed by atoms with Gasteiger partial charge >= 0.3 is 0 Å². The van der Waals surface area contributed by atoms with E-state index in [1.54, 1.807) is 7.11 Å². The summed E-state index contributed by atoms with van der Waals surface area (Å²) < 4.78 is 29.8. The molecule has 1 rings (SSSR count). The van der Waals surface area contributed by atoms with Crippen molar-refractivity contribution in [3.63, 3.8) is 0 Å². The van der Waals surface area contributed by atoms with Crippen LogP contribution in [0, 0.1) is 0 Å². The molecule has 6 heteroatoms. The van der Waals surface area contributed by atoms with E-state index in [1.165, 1.54) is 12.8 Å². The van der Waals surface area contributed by atoms with Gasteiger partial charge in [0, 0.05) is 26.2 Å². The van der Waals surface area contributed by atoms with Gasteiger partial charge in [-0.3, -0.25) is 0 Å². The molecule has 0 bridgehead atoms. The lowest BCUT2D eigenvalue weighted by atomic mass is 10.6. The fourth-order valence-electron chi connectivity index (χ4n) is 1.06. The Bertz CT molecular complexity index is 249. The van der Waals surface area contributed by atoms with Crippen LogP contribution in [-0.4, -0.2) is 47.0 Å². The number of ether oxygens (including phenoxy) is 1. The highest BCUT2D eigenvalue weighted by molar-refractivity contribution is 7.89. The van der Waals surface area contributed by atoms with Crippen LogP contribution in [-0.2, 0) is 14.8 Å². The van der Waals surface area contributed by atoms with Gasteiger partial charge in [0.05, 0.1) is 12.4 Å². The molecule has 1 saturated carbocycles. The molecular formula is C8H18N2O3S. The normalized spacial score (nSPS) is 17.2. The van der Waals surface area contributed by atoms with E-state index in [9.17, 15) is 8.42 Å². The first-order chi connectivity index (χ1) is 6.64. The van der Waals surface area contributed by atoms with Gasteiger partial charge in [-0.1, -0.05) is 0 Å². The second-order valence-corrected chi connectivity index (χ2v) is 5.36. The van der Waals surface area contributed by atoms with Crippen molar-refractivity contribution in [2.75, 3.05) is 32.6 Å². The zero-order valence-corrected chi connectivity index (χ0v) is 9.27. The van der Waals surface area contributed by atoms with Crippen LogP contribution in [0.2, 0.25) is 0 Å². The topological polar surface area (TPSA) is 67.4 Å². The van der Waals surface area contributed by atoms with Crippen molar-refractivity contribution in [3.05, 3.63) is 0 Å². The fourth-order valence-corrected chi connectivity index (χ4v) is 1.98. The third-order valence-electron chi connectivity index (χ3n) is 2.01. The lowest BCUT2D eigenvalue weighted by Crippen LogP contribution is -2.34. The Morgan fingerprint density at radius 1 is 1.36 bits per heavy atom.